The normalized spacial score (nSPS) is 17.6. The summed E-state index contributed by atoms with van der Waals surface area (Å²) in [6.07, 6.45) is 4.78. The standard InChI is InChI=1S/C17H19NOS/c1-2-12-8-9-15-13(10-12)11-16(20-15)17(19)18-14-6-4-3-5-7-14/h3-7,11-12H,2,8-10H2,1H3,(H,18,19)/t12-/m0/s1. The third-order valence-corrected chi connectivity index (χ3v) is 5.25. The lowest BCUT2D eigenvalue weighted by Gasteiger charge is -2.19. The molecule has 0 bridgehead atoms. The average Bonchev–Trinajstić information content (AvgIpc) is 2.91. The Morgan fingerprint density at radius 1 is 1.35 bits per heavy atom. The molecule has 0 spiro atoms. The number of para-hydroxylation sites is 1. The molecule has 1 atom stereocenters. The molecule has 3 rings (SSSR count). The minimum Gasteiger partial charge on any atom is -0.321 e. The minimum atomic E-state index is 0.0173. The third-order valence-electron chi connectivity index (χ3n) is 4.02. The van der Waals surface area contributed by atoms with Gasteiger partial charge in [0.2, 0.25) is 0 Å². The summed E-state index contributed by atoms with van der Waals surface area (Å²) in [5.41, 5.74) is 2.25. The van der Waals surface area contributed by atoms with Gasteiger partial charge in [0.1, 0.15) is 0 Å². The van der Waals surface area contributed by atoms with E-state index in [0.29, 0.717) is 0 Å². The zero-order valence-corrected chi connectivity index (χ0v) is 12.5. The number of nitrogens with one attached hydrogen (secondary N) is 1. The highest BCUT2D eigenvalue weighted by Crippen LogP contribution is 2.33. The van der Waals surface area contributed by atoms with Gasteiger partial charge in [0.05, 0.1) is 4.88 Å². The van der Waals surface area contributed by atoms with Gasteiger partial charge in [-0.25, -0.2) is 0 Å². The van der Waals surface area contributed by atoms with Gasteiger partial charge in [-0.1, -0.05) is 31.5 Å². The molecule has 1 aliphatic rings. The van der Waals surface area contributed by atoms with Crippen molar-refractivity contribution in [1.29, 1.82) is 0 Å². The van der Waals surface area contributed by atoms with Gasteiger partial charge in [-0.05, 0) is 48.9 Å². The maximum atomic E-state index is 12.3. The van der Waals surface area contributed by atoms with E-state index in [4.69, 9.17) is 0 Å². The van der Waals surface area contributed by atoms with Crippen molar-refractivity contribution < 1.29 is 4.79 Å². The van der Waals surface area contributed by atoms with E-state index in [-0.39, 0.29) is 5.91 Å². The van der Waals surface area contributed by atoms with Gasteiger partial charge < -0.3 is 5.32 Å². The van der Waals surface area contributed by atoms with Crippen LogP contribution in [0.3, 0.4) is 0 Å². The molecule has 1 aromatic carbocycles. The Bertz CT molecular complexity index is 603. The van der Waals surface area contributed by atoms with E-state index in [9.17, 15) is 4.79 Å². The van der Waals surface area contributed by atoms with Gasteiger partial charge in [0, 0.05) is 10.6 Å². The number of carbonyl (C=O) groups is 1. The zero-order valence-electron chi connectivity index (χ0n) is 11.7. The van der Waals surface area contributed by atoms with Crippen molar-refractivity contribution in [2.75, 3.05) is 5.32 Å². The second kappa shape index (κ2) is 5.80. The lowest BCUT2D eigenvalue weighted by atomic mass is 9.87. The number of amides is 1. The van der Waals surface area contributed by atoms with Crippen molar-refractivity contribution in [2.45, 2.75) is 32.6 Å². The van der Waals surface area contributed by atoms with Gasteiger partial charge in [0.25, 0.3) is 5.91 Å². The van der Waals surface area contributed by atoms with Crippen LogP contribution in [0.25, 0.3) is 0 Å². The fourth-order valence-corrected chi connectivity index (χ4v) is 3.88. The van der Waals surface area contributed by atoms with E-state index in [1.54, 1.807) is 11.3 Å². The van der Waals surface area contributed by atoms with Gasteiger partial charge in [-0.15, -0.1) is 11.3 Å². The largest absolute Gasteiger partial charge is 0.321 e. The summed E-state index contributed by atoms with van der Waals surface area (Å²) >= 11 is 1.66. The van der Waals surface area contributed by atoms with Crippen molar-refractivity contribution in [3.63, 3.8) is 0 Å². The van der Waals surface area contributed by atoms with Crippen LogP contribution in [0.1, 0.15) is 39.9 Å². The first-order valence-corrected chi connectivity index (χ1v) is 8.06. The molecule has 0 saturated heterocycles. The molecular weight excluding hydrogens is 266 g/mol. The monoisotopic (exact) mass is 285 g/mol. The number of anilines is 1. The summed E-state index contributed by atoms with van der Waals surface area (Å²) < 4.78 is 0. The first-order chi connectivity index (χ1) is 9.76. The summed E-state index contributed by atoms with van der Waals surface area (Å²) in [7, 11) is 0. The first-order valence-electron chi connectivity index (χ1n) is 7.24. The number of benzene rings is 1. The molecule has 1 heterocycles. The smallest absolute Gasteiger partial charge is 0.265 e. The molecule has 3 heteroatoms. The van der Waals surface area contributed by atoms with E-state index in [2.05, 4.69) is 18.3 Å². The molecule has 20 heavy (non-hydrogen) atoms. The average molecular weight is 285 g/mol. The topological polar surface area (TPSA) is 29.1 Å². The molecule has 104 valence electrons. The van der Waals surface area contributed by atoms with Crippen molar-refractivity contribution in [2.24, 2.45) is 5.92 Å². The number of rotatable bonds is 3. The highest BCUT2D eigenvalue weighted by atomic mass is 32.1. The summed E-state index contributed by atoms with van der Waals surface area (Å²) in [6, 6.07) is 11.7. The SMILES string of the molecule is CC[C@H]1CCc2sc(C(=O)Nc3ccccc3)cc2C1. The predicted octanol–water partition coefficient (Wildman–Crippen LogP) is 4.52. The van der Waals surface area contributed by atoms with E-state index in [1.165, 1.54) is 23.3 Å². The van der Waals surface area contributed by atoms with Crippen molar-refractivity contribution in [1.82, 2.24) is 0 Å². The van der Waals surface area contributed by atoms with Gasteiger partial charge in [-0.2, -0.15) is 0 Å². The van der Waals surface area contributed by atoms with E-state index in [0.717, 1.165) is 29.3 Å². The van der Waals surface area contributed by atoms with Crippen LogP contribution >= 0.6 is 11.3 Å². The van der Waals surface area contributed by atoms with Crippen LogP contribution in [0.5, 0.6) is 0 Å². The molecule has 0 saturated carbocycles. The number of thiophene rings is 1. The highest BCUT2D eigenvalue weighted by Gasteiger charge is 2.21. The molecule has 0 aliphatic heterocycles. The van der Waals surface area contributed by atoms with Crippen molar-refractivity contribution >= 4 is 22.9 Å². The number of hydrogen-bond donors (Lipinski definition) is 1. The second-order valence-corrected chi connectivity index (χ2v) is 6.53. The number of aryl methyl sites for hydroxylation is 1. The summed E-state index contributed by atoms with van der Waals surface area (Å²) in [4.78, 5) is 14.5. The van der Waals surface area contributed by atoms with Gasteiger partial charge >= 0.3 is 0 Å². The number of hydrogen-bond acceptors (Lipinski definition) is 2. The first kappa shape index (κ1) is 13.4. The molecular formula is C17H19NOS. The Labute approximate surface area is 123 Å². The number of fused-ring (bicyclic) bond motifs is 1. The Kier molecular flexibility index (Phi) is 3.88. The van der Waals surface area contributed by atoms with E-state index >= 15 is 0 Å². The van der Waals surface area contributed by atoms with Crippen molar-refractivity contribution in [3.05, 3.63) is 51.7 Å². The third kappa shape index (κ3) is 2.78. The lowest BCUT2D eigenvalue weighted by Crippen LogP contribution is -2.11. The van der Waals surface area contributed by atoms with Crippen LogP contribution in [-0.2, 0) is 12.8 Å². The Balaban J connectivity index is 1.75. The molecule has 1 aromatic heterocycles. The van der Waals surface area contributed by atoms with Crippen LogP contribution in [0, 0.1) is 5.92 Å². The maximum absolute atomic E-state index is 12.3. The maximum Gasteiger partial charge on any atom is 0.265 e. The Morgan fingerprint density at radius 3 is 2.90 bits per heavy atom. The fraction of sp³-hybridized carbons (Fsp3) is 0.353. The molecule has 0 unspecified atom stereocenters. The summed E-state index contributed by atoms with van der Waals surface area (Å²) in [5, 5.41) is 2.96. The molecule has 0 radical (unpaired) electrons. The Hall–Kier alpha value is -1.61. The van der Waals surface area contributed by atoms with E-state index in [1.807, 2.05) is 30.3 Å². The molecule has 1 N–H and O–H groups in total. The van der Waals surface area contributed by atoms with Gasteiger partial charge in [-0.3, -0.25) is 4.79 Å². The lowest BCUT2D eigenvalue weighted by molar-refractivity contribution is 0.103. The quantitative estimate of drug-likeness (QED) is 0.883. The molecule has 0 fully saturated rings. The second-order valence-electron chi connectivity index (χ2n) is 5.40. The predicted molar refractivity (Wildman–Crippen MR) is 84.5 cm³/mol. The highest BCUT2D eigenvalue weighted by molar-refractivity contribution is 7.14. The van der Waals surface area contributed by atoms with Crippen LogP contribution < -0.4 is 5.32 Å². The summed E-state index contributed by atoms with van der Waals surface area (Å²) in [6.45, 7) is 2.26. The molecule has 1 aliphatic carbocycles. The molecule has 2 nitrogen and oxygen atoms in total. The van der Waals surface area contributed by atoms with E-state index < -0.39 is 0 Å². The van der Waals surface area contributed by atoms with Crippen LogP contribution in [0.2, 0.25) is 0 Å². The zero-order chi connectivity index (χ0) is 13.9. The summed E-state index contributed by atoms with van der Waals surface area (Å²) in [5.74, 6) is 0.811. The molecule has 1 amide bonds. The van der Waals surface area contributed by atoms with Crippen molar-refractivity contribution in [3.8, 4) is 0 Å². The molecule has 2 aromatic rings. The Morgan fingerprint density at radius 2 is 2.15 bits per heavy atom. The fourth-order valence-electron chi connectivity index (χ4n) is 2.77. The van der Waals surface area contributed by atoms with Crippen LogP contribution in [-0.4, -0.2) is 5.91 Å². The van der Waals surface area contributed by atoms with Gasteiger partial charge in [0.15, 0.2) is 0 Å². The minimum absolute atomic E-state index is 0.0173. The van der Waals surface area contributed by atoms with Crippen LogP contribution in [0.4, 0.5) is 5.69 Å². The number of carbonyl (C=O) groups excluding carboxylic acids is 1. The van der Waals surface area contributed by atoms with Crippen LogP contribution in [0.15, 0.2) is 36.4 Å².